The van der Waals surface area contributed by atoms with Gasteiger partial charge in [0.1, 0.15) is 6.10 Å². The molecule has 19 heavy (non-hydrogen) atoms. The summed E-state index contributed by atoms with van der Waals surface area (Å²) < 4.78 is 16.8. The summed E-state index contributed by atoms with van der Waals surface area (Å²) in [6.07, 6.45) is 4.13. The maximum Gasteiger partial charge on any atom is 0.198 e. The Morgan fingerprint density at radius 1 is 1.47 bits per heavy atom. The number of rotatable bonds is 7. The topological polar surface area (TPSA) is 27.7 Å². The Bertz CT molecular complexity index is 329. The Hall–Kier alpha value is -0.123. The largest absolute Gasteiger partial charge is 0.403 e. The van der Waals surface area contributed by atoms with E-state index in [0.29, 0.717) is 13.2 Å². The van der Waals surface area contributed by atoms with E-state index in [9.17, 15) is 0 Å². The van der Waals surface area contributed by atoms with Crippen LogP contribution in [0.4, 0.5) is 0 Å². The smallest absolute Gasteiger partial charge is 0.198 e. The lowest BCUT2D eigenvalue weighted by Gasteiger charge is -2.24. The molecule has 3 nitrogen and oxygen atoms in total. The van der Waals surface area contributed by atoms with Crippen LogP contribution in [0.2, 0.25) is 13.1 Å². The molecule has 1 atom stereocenters. The zero-order valence-corrected chi connectivity index (χ0v) is 14.4. The van der Waals surface area contributed by atoms with E-state index in [1.165, 1.54) is 0 Å². The fraction of sp³-hybridized carbons (Fsp3) is 0.714. The average molecular weight is 347 g/mol. The van der Waals surface area contributed by atoms with Gasteiger partial charge in [0.2, 0.25) is 0 Å². The van der Waals surface area contributed by atoms with Crippen molar-refractivity contribution >= 4 is 24.2 Å². The SMILES string of the molecule is C=CCC(C#CCCC1OCCO1)O[Si](C)(C)CBr. The molecule has 0 spiro atoms. The first kappa shape index (κ1) is 16.9. The van der Waals surface area contributed by atoms with E-state index in [2.05, 4.69) is 47.4 Å². The standard InChI is InChI=1S/C14H23BrO3Si/c1-4-7-13(18-19(2,3)12-15)8-5-6-9-14-16-10-11-17-14/h4,13-14H,1,6-7,9-12H2,2-3H3. The summed E-state index contributed by atoms with van der Waals surface area (Å²) in [7, 11) is -1.65. The molecule has 0 bridgehead atoms. The highest BCUT2D eigenvalue weighted by Crippen LogP contribution is 2.13. The van der Waals surface area contributed by atoms with E-state index >= 15 is 0 Å². The number of hydrogen-bond donors (Lipinski definition) is 0. The fourth-order valence-corrected chi connectivity index (χ4v) is 3.04. The normalized spacial score (nSPS) is 17.8. The number of hydrogen-bond acceptors (Lipinski definition) is 3. The molecule has 0 aromatic carbocycles. The molecule has 0 radical (unpaired) electrons. The lowest BCUT2D eigenvalue weighted by molar-refractivity contribution is -0.0454. The third-order valence-electron chi connectivity index (χ3n) is 2.62. The van der Waals surface area contributed by atoms with Crippen molar-refractivity contribution < 1.29 is 13.9 Å². The number of ether oxygens (including phenoxy) is 2. The summed E-state index contributed by atoms with van der Waals surface area (Å²) in [4.78, 5) is 0.916. The van der Waals surface area contributed by atoms with E-state index in [1.807, 2.05) is 6.08 Å². The minimum Gasteiger partial charge on any atom is -0.403 e. The van der Waals surface area contributed by atoms with E-state index in [0.717, 1.165) is 24.2 Å². The van der Waals surface area contributed by atoms with Crippen LogP contribution >= 0.6 is 15.9 Å². The van der Waals surface area contributed by atoms with Gasteiger partial charge in [0.25, 0.3) is 0 Å². The van der Waals surface area contributed by atoms with Crippen LogP contribution in [0.1, 0.15) is 19.3 Å². The van der Waals surface area contributed by atoms with Crippen molar-refractivity contribution in [2.45, 2.75) is 44.8 Å². The fourth-order valence-electron chi connectivity index (χ4n) is 1.65. The highest BCUT2D eigenvalue weighted by molar-refractivity contribution is 9.09. The quantitative estimate of drug-likeness (QED) is 0.306. The van der Waals surface area contributed by atoms with Gasteiger partial charge >= 0.3 is 0 Å². The van der Waals surface area contributed by atoms with E-state index in [1.54, 1.807) is 0 Å². The second kappa shape index (κ2) is 8.93. The van der Waals surface area contributed by atoms with Crippen LogP contribution in [-0.4, -0.2) is 38.9 Å². The Kier molecular flexibility index (Phi) is 7.96. The van der Waals surface area contributed by atoms with Gasteiger partial charge in [-0.1, -0.05) is 27.9 Å². The maximum absolute atomic E-state index is 6.08. The second-order valence-electron chi connectivity index (χ2n) is 5.06. The Balaban J connectivity index is 2.37. The monoisotopic (exact) mass is 346 g/mol. The van der Waals surface area contributed by atoms with Gasteiger partial charge in [-0.25, -0.2) is 0 Å². The predicted octanol–water partition coefficient (Wildman–Crippen LogP) is 3.24. The van der Waals surface area contributed by atoms with Crippen molar-refractivity contribution in [1.29, 1.82) is 0 Å². The second-order valence-corrected chi connectivity index (χ2v) is 10.8. The van der Waals surface area contributed by atoms with Gasteiger partial charge in [-0.05, 0) is 13.1 Å². The van der Waals surface area contributed by atoms with Crippen molar-refractivity contribution in [2.24, 2.45) is 0 Å². The van der Waals surface area contributed by atoms with Crippen molar-refractivity contribution in [3.05, 3.63) is 12.7 Å². The molecule has 0 aromatic heterocycles. The summed E-state index contributed by atoms with van der Waals surface area (Å²) in [5.74, 6) is 6.36. The molecular formula is C14H23BrO3Si. The van der Waals surface area contributed by atoms with Gasteiger partial charge in [0.15, 0.2) is 14.6 Å². The molecule has 1 saturated heterocycles. The molecule has 5 heteroatoms. The predicted molar refractivity (Wildman–Crippen MR) is 83.7 cm³/mol. The minimum absolute atomic E-state index is 0.0397. The summed E-state index contributed by atoms with van der Waals surface area (Å²) in [5, 5.41) is 0. The molecule has 0 aromatic rings. The lowest BCUT2D eigenvalue weighted by atomic mass is 10.2. The van der Waals surface area contributed by atoms with Gasteiger partial charge in [-0.3, -0.25) is 0 Å². The Labute approximate surface area is 125 Å². The van der Waals surface area contributed by atoms with Gasteiger partial charge in [-0.15, -0.1) is 12.5 Å². The van der Waals surface area contributed by atoms with E-state index in [4.69, 9.17) is 13.9 Å². The summed E-state index contributed by atoms with van der Waals surface area (Å²) >= 11 is 3.51. The molecule has 1 fully saturated rings. The zero-order valence-electron chi connectivity index (χ0n) is 11.8. The third-order valence-corrected chi connectivity index (χ3v) is 8.24. The van der Waals surface area contributed by atoms with Crippen LogP contribution < -0.4 is 0 Å². The van der Waals surface area contributed by atoms with E-state index < -0.39 is 8.32 Å². The van der Waals surface area contributed by atoms with Gasteiger partial charge in [0.05, 0.1) is 13.2 Å². The molecule has 1 aliphatic heterocycles. The van der Waals surface area contributed by atoms with Crippen LogP contribution in [0.3, 0.4) is 0 Å². The summed E-state index contributed by atoms with van der Waals surface area (Å²) in [6.45, 7) is 9.52. The molecule has 0 N–H and O–H groups in total. The molecule has 108 valence electrons. The third kappa shape index (κ3) is 7.28. The first-order valence-electron chi connectivity index (χ1n) is 6.63. The first-order valence-corrected chi connectivity index (χ1v) is 10.9. The summed E-state index contributed by atoms with van der Waals surface area (Å²) in [6, 6.07) is 0. The average Bonchev–Trinajstić information content (AvgIpc) is 2.87. The zero-order chi connectivity index (χ0) is 14.1. The lowest BCUT2D eigenvalue weighted by Crippen LogP contribution is -2.37. The van der Waals surface area contributed by atoms with Crippen molar-refractivity contribution in [1.82, 2.24) is 0 Å². The molecule has 0 amide bonds. The molecule has 0 aliphatic carbocycles. The van der Waals surface area contributed by atoms with Gasteiger partial charge in [-0.2, -0.15) is 0 Å². The summed E-state index contributed by atoms with van der Waals surface area (Å²) in [5.41, 5.74) is 0. The maximum atomic E-state index is 6.08. The van der Waals surface area contributed by atoms with Gasteiger partial charge < -0.3 is 13.9 Å². The Morgan fingerprint density at radius 2 is 2.16 bits per heavy atom. The van der Waals surface area contributed by atoms with Crippen molar-refractivity contribution in [3.8, 4) is 11.8 Å². The highest BCUT2D eigenvalue weighted by atomic mass is 79.9. The number of alkyl halides is 1. The molecule has 1 unspecified atom stereocenters. The van der Waals surface area contributed by atoms with Crippen LogP contribution in [-0.2, 0) is 13.9 Å². The van der Waals surface area contributed by atoms with Crippen LogP contribution in [0.5, 0.6) is 0 Å². The molecular weight excluding hydrogens is 324 g/mol. The van der Waals surface area contributed by atoms with E-state index in [-0.39, 0.29) is 12.4 Å². The Morgan fingerprint density at radius 3 is 2.74 bits per heavy atom. The van der Waals surface area contributed by atoms with Crippen LogP contribution in [0.15, 0.2) is 12.7 Å². The van der Waals surface area contributed by atoms with Gasteiger partial charge in [0, 0.05) is 24.2 Å². The minimum atomic E-state index is -1.65. The molecule has 1 heterocycles. The van der Waals surface area contributed by atoms with Crippen LogP contribution in [0, 0.1) is 11.8 Å². The first-order chi connectivity index (χ1) is 9.07. The van der Waals surface area contributed by atoms with Crippen molar-refractivity contribution in [2.75, 3.05) is 18.2 Å². The molecule has 1 aliphatic rings. The highest BCUT2D eigenvalue weighted by Gasteiger charge is 2.24. The van der Waals surface area contributed by atoms with Crippen molar-refractivity contribution in [3.63, 3.8) is 0 Å². The number of halogens is 1. The molecule has 1 rings (SSSR count). The van der Waals surface area contributed by atoms with Crippen LogP contribution in [0.25, 0.3) is 0 Å². The molecule has 0 saturated carbocycles.